The maximum absolute atomic E-state index is 13.2. The van der Waals surface area contributed by atoms with Gasteiger partial charge < -0.3 is 19.3 Å². The van der Waals surface area contributed by atoms with Gasteiger partial charge in [0, 0.05) is 30.3 Å². The molecule has 0 atom stereocenters. The molecular weight excluding hydrogens is 458 g/mol. The van der Waals surface area contributed by atoms with Crippen LogP contribution in [0.3, 0.4) is 0 Å². The van der Waals surface area contributed by atoms with Crippen molar-refractivity contribution in [1.29, 1.82) is 0 Å². The Morgan fingerprint density at radius 2 is 1.72 bits per heavy atom. The second-order valence-electron chi connectivity index (χ2n) is 8.77. The number of carbonyl (C=O) groups excluding carboxylic acids is 1. The number of pyridine rings is 1. The largest absolute Gasteiger partial charge is 0.497 e. The molecule has 7 nitrogen and oxygen atoms in total. The van der Waals surface area contributed by atoms with E-state index < -0.39 is 11.6 Å². The molecule has 1 N–H and O–H groups in total. The first-order valence-electron chi connectivity index (χ1n) is 11.5. The minimum atomic E-state index is -1.54. The van der Waals surface area contributed by atoms with Crippen molar-refractivity contribution in [3.05, 3.63) is 95.7 Å². The number of aromatic nitrogens is 1. The average Bonchev–Trinajstić information content (AvgIpc) is 2.88. The van der Waals surface area contributed by atoms with Gasteiger partial charge in [-0.05, 0) is 48.4 Å². The van der Waals surface area contributed by atoms with E-state index in [1.807, 2.05) is 12.1 Å². The van der Waals surface area contributed by atoms with Gasteiger partial charge in [0.05, 0.1) is 19.3 Å². The number of aliphatic carboxylic acids is 1. The quantitative estimate of drug-likeness (QED) is 0.303. The van der Waals surface area contributed by atoms with Crippen LogP contribution in [-0.2, 0) is 11.2 Å². The summed E-state index contributed by atoms with van der Waals surface area (Å²) in [6.45, 7) is 3.27. The monoisotopic (exact) mass is 485 g/mol. The number of nitrogens with zero attached hydrogens (tertiary/aromatic N) is 1. The SMILES string of the molecule is COc1ccc(C(=O)c2ccc(OCCc3ccc4ccccc4c3)nc2)c(OC(C)(C)C(=O)O)c1. The fourth-order valence-electron chi connectivity index (χ4n) is 3.64. The van der Waals surface area contributed by atoms with E-state index in [0.717, 1.165) is 12.0 Å². The first-order chi connectivity index (χ1) is 17.3. The second-order valence-corrected chi connectivity index (χ2v) is 8.77. The van der Waals surface area contributed by atoms with Gasteiger partial charge in [0.2, 0.25) is 5.88 Å². The zero-order valence-electron chi connectivity index (χ0n) is 20.4. The molecule has 0 bridgehead atoms. The van der Waals surface area contributed by atoms with Crippen molar-refractivity contribution in [2.24, 2.45) is 0 Å². The normalized spacial score (nSPS) is 11.2. The van der Waals surface area contributed by atoms with Crippen molar-refractivity contribution in [3.63, 3.8) is 0 Å². The number of fused-ring (bicyclic) bond motifs is 1. The van der Waals surface area contributed by atoms with Crippen LogP contribution in [-0.4, -0.2) is 41.2 Å². The Morgan fingerprint density at radius 3 is 2.42 bits per heavy atom. The predicted octanol–water partition coefficient (Wildman–Crippen LogP) is 5.34. The Morgan fingerprint density at radius 1 is 0.944 bits per heavy atom. The minimum absolute atomic E-state index is 0.113. The van der Waals surface area contributed by atoms with E-state index in [4.69, 9.17) is 14.2 Å². The number of hydrogen-bond donors (Lipinski definition) is 1. The molecule has 184 valence electrons. The second kappa shape index (κ2) is 10.5. The lowest BCUT2D eigenvalue weighted by Gasteiger charge is -2.23. The lowest BCUT2D eigenvalue weighted by atomic mass is 10.0. The molecule has 0 spiro atoms. The van der Waals surface area contributed by atoms with Gasteiger partial charge in [0.1, 0.15) is 11.5 Å². The fraction of sp³-hybridized carbons (Fsp3) is 0.207. The van der Waals surface area contributed by atoms with Gasteiger partial charge >= 0.3 is 5.97 Å². The van der Waals surface area contributed by atoms with Crippen molar-refractivity contribution in [3.8, 4) is 17.4 Å². The van der Waals surface area contributed by atoms with Crippen molar-refractivity contribution >= 4 is 22.5 Å². The summed E-state index contributed by atoms with van der Waals surface area (Å²) in [7, 11) is 1.48. The van der Waals surface area contributed by atoms with Gasteiger partial charge in [0.15, 0.2) is 11.4 Å². The molecular formula is C29H27NO6. The van der Waals surface area contributed by atoms with Crippen LogP contribution >= 0.6 is 0 Å². The van der Waals surface area contributed by atoms with Gasteiger partial charge in [-0.2, -0.15) is 0 Å². The molecule has 3 aromatic carbocycles. The van der Waals surface area contributed by atoms with Crippen LogP contribution in [0.4, 0.5) is 0 Å². The molecule has 0 aliphatic heterocycles. The summed E-state index contributed by atoms with van der Waals surface area (Å²) in [6.07, 6.45) is 2.16. The molecule has 0 aliphatic rings. The summed E-state index contributed by atoms with van der Waals surface area (Å²) in [5, 5.41) is 11.8. The van der Waals surface area contributed by atoms with Gasteiger partial charge in [-0.3, -0.25) is 4.79 Å². The number of carboxylic acids is 1. The number of ether oxygens (including phenoxy) is 3. The zero-order chi connectivity index (χ0) is 25.7. The van der Waals surface area contributed by atoms with Crippen molar-refractivity contribution in [1.82, 2.24) is 4.98 Å². The highest BCUT2D eigenvalue weighted by Gasteiger charge is 2.31. The van der Waals surface area contributed by atoms with Gasteiger partial charge in [0.25, 0.3) is 0 Å². The molecule has 4 rings (SSSR count). The summed E-state index contributed by atoms with van der Waals surface area (Å²) < 4.78 is 16.7. The molecule has 0 unspecified atom stereocenters. The van der Waals surface area contributed by atoms with Gasteiger partial charge in [-0.1, -0.05) is 42.5 Å². The Bertz CT molecular complexity index is 1390. The number of benzene rings is 3. The molecule has 1 heterocycles. The average molecular weight is 486 g/mol. The smallest absolute Gasteiger partial charge is 0.347 e. The first kappa shape index (κ1) is 24.7. The van der Waals surface area contributed by atoms with E-state index >= 15 is 0 Å². The van der Waals surface area contributed by atoms with Crippen LogP contribution in [0, 0.1) is 0 Å². The summed E-state index contributed by atoms with van der Waals surface area (Å²) in [5.41, 5.74) is 0.149. The molecule has 7 heteroatoms. The lowest BCUT2D eigenvalue weighted by Crippen LogP contribution is -2.38. The highest BCUT2D eigenvalue weighted by Crippen LogP contribution is 2.30. The number of ketones is 1. The fourth-order valence-corrected chi connectivity index (χ4v) is 3.64. The van der Waals surface area contributed by atoms with Crippen molar-refractivity contribution in [2.75, 3.05) is 13.7 Å². The highest BCUT2D eigenvalue weighted by atomic mass is 16.5. The maximum Gasteiger partial charge on any atom is 0.347 e. The van der Waals surface area contributed by atoms with Gasteiger partial charge in [-0.15, -0.1) is 0 Å². The lowest BCUT2D eigenvalue weighted by molar-refractivity contribution is -0.152. The summed E-state index contributed by atoms with van der Waals surface area (Å²) in [5.74, 6) is -0.552. The summed E-state index contributed by atoms with van der Waals surface area (Å²) in [6, 6.07) is 22.4. The molecule has 0 amide bonds. The Balaban J connectivity index is 1.44. The van der Waals surface area contributed by atoms with E-state index in [1.54, 1.807) is 24.3 Å². The van der Waals surface area contributed by atoms with Crippen LogP contribution in [0.2, 0.25) is 0 Å². The Kier molecular flexibility index (Phi) is 7.20. The minimum Gasteiger partial charge on any atom is -0.497 e. The Hall–Kier alpha value is -4.39. The van der Waals surface area contributed by atoms with E-state index in [2.05, 4.69) is 35.3 Å². The van der Waals surface area contributed by atoms with Crippen molar-refractivity contribution in [2.45, 2.75) is 25.9 Å². The number of carboxylic acid groups (broad SMARTS) is 1. The number of rotatable bonds is 10. The van der Waals surface area contributed by atoms with Crippen LogP contribution < -0.4 is 14.2 Å². The molecule has 4 aromatic rings. The number of methoxy groups -OCH3 is 1. The van der Waals surface area contributed by atoms with Crippen LogP contribution in [0.25, 0.3) is 10.8 Å². The highest BCUT2D eigenvalue weighted by molar-refractivity contribution is 6.10. The maximum atomic E-state index is 13.2. The molecule has 0 saturated heterocycles. The van der Waals surface area contributed by atoms with Crippen molar-refractivity contribution < 1.29 is 28.9 Å². The number of hydrogen-bond acceptors (Lipinski definition) is 6. The van der Waals surface area contributed by atoms with Crippen LogP contribution in [0.5, 0.6) is 17.4 Å². The summed E-state index contributed by atoms with van der Waals surface area (Å²) >= 11 is 0. The molecule has 0 saturated carbocycles. The van der Waals surface area contributed by atoms with Crippen LogP contribution in [0.1, 0.15) is 35.3 Å². The van der Waals surface area contributed by atoms with E-state index in [1.165, 1.54) is 44.0 Å². The Labute approximate surface area is 209 Å². The molecule has 1 aromatic heterocycles. The molecule has 0 fully saturated rings. The molecule has 0 radical (unpaired) electrons. The third kappa shape index (κ3) is 5.63. The first-order valence-corrected chi connectivity index (χ1v) is 11.5. The standard InChI is InChI=1S/C29H27NO6/c1-29(2,28(32)33)36-25-17-23(34-3)11-12-24(25)27(31)22-10-13-26(30-18-22)35-15-14-19-8-9-20-6-4-5-7-21(20)16-19/h4-13,16-18H,14-15H2,1-3H3,(H,32,33). The van der Waals surface area contributed by atoms with Crippen LogP contribution in [0.15, 0.2) is 79.0 Å². The predicted molar refractivity (Wildman–Crippen MR) is 136 cm³/mol. The third-order valence-electron chi connectivity index (χ3n) is 5.77. The zero-order valence-corrected chi connectivity index (χ0v) is 20.4. The topological polar surface area (TPSA) is 95.0 Å². The summed E-state index contributed by atoms with van der Waals surface area (Å²) in [4.78, 5) is 29.0. The number of carbonyl (C=O) groups is 2. The molecule has 36 heavy (non-hydrogen) atoms. The van der Waals surface area contributed by atoms with Gasteiger partial charge in [-0.25, -0.2) is 9.78 Å². The third-order valence-corrected chi connectivity index (χ3v) is 5.77. The molecule has 0 aliphatic carbocycles. The van der Waals surface area contributed by atoms with E-state index in [-0.39, 0.29) is 17.1 Å². The van der Waals surface area contributed by atoms with E-state index in [9.17, 15) is 14.7 Å². The van der Waals surface area contributed by atoms with E-state index in [0.29, 0.717) is 23.8 Å².